The van der Waals surface area contributed by atoms with Gasteiger partial charge in [0, 0.05) is 25.9 Å². The zero-order valence-corrected chi connectivity index (χ0v) is 21.1. The summed E-state index contributed by atoms with van der Waals surface area (Å²) < 4.78 is 15.8. The van der Waals surface area contributed by atoms with E-state index in [4.69, 9.17) is 14.2 Å². The number of hydrogen-bond acceptors (Lipinski definition) is 6. The number of benzene rings is 1. The minimum atomic E-state index is -0.815. The van der Waals surface area contributed by atoms with E-state index >= 15 is 0 Å². The van der Waals surface area contributed by atoms with Crippen LogP contribution in [0.3, 0.4) is 0 Å². The number of nitrogens with zero attached hydrogens (tertiary/aromatic N) is 2. The van der Waals surface area contributed by atoms with Gasteiger partial charge in [0.25, 0.3) is 0 Å². The number of methoxy groups -OCH3 is 2. The van der Waals surface area contributed by atoms with E-state index in [2.05, 4.69) is 0 Å². The van der Waals surface area contributed by atoms with Crippen molar-refractivity contribution in [3.63, 3.8) is 0 Å². The lowest BCUT2D eigenvalue weighted by Crippen LogP contribution is -2.45. The smallest absolute Gasteiger partial charge is 0.411 e. The van der Waals surface area contributed by atoms with Gasteiger partial charge in [-0.15, -0.1) is 0 Å². The van der Waals surface area contributed by atoms with Crippen LogP contribution in [-0.2, 0) is 25.6 Å². The second-order valence-electron chi connectivity index (χ2n) is 10.7. The molecular formula is C25H38N2O6. The molecule has 0 spiro atoms. The monoisotopic (exact) mass is 462 g/mol. The van der Waals surface area contributed by atoms with Crippen LogP contribution in [-0.4, -0.2) is 66.2 Å². The molecule has 184 valence electrons. The first-order chi connectivity index (χ1) is 15.2. The fourth-order valence-electron chi connectivity index (χ4n) is 3.87. The Kier molecular flexibility index (Phi) is 8.38. The van der Waals surface area contributed by atoms with Crippen molar-refractivity contribution in [3.05, 3.63) is 29.8 Å². The summed E-state index contributed by atoms with van der Waals surface area (Å²) >= 11 is 0. The molecule has 2 amide bonds. The highest BCUT2D eigenvalue weighted by molar-refractivity contribution is 5.83. The molecule has 1 aromatic rings. The van der Waals surface area contributed by atoms with Gasteiger partial charge in [-0.3, -0.25) is 9.69 Å². The van der Waals surface area contributed by atoms with Gasteiger partial charge in [-0.2, -0.15) is 0 Å². The van der Waals surface area contributed by atoms with Gasteiger partial charge >= 0.3 is 12.1 Å². The Morgan fingerprint density at radius 1 is 1.09 bits per heavy atom. The van der Waals surface area contributed by atoms with Crippen molar-refractivity contribution in [2.24, 2.45) is 5.41 Å². The van der Waals surface area contributed by atoms with Crippen molar-refractivity contribution in [2.75, 3.05) is 20.8 Å². The predicted octanol–water partition coefficient (Wildman–Crippen LogP) is 4.01. The molecule has 1 heterocycles. The topological polar surface area (TPSA) is 85.4 Å². The van der Waals surface area contributed by atoms with E-state index in [0.717, 1.165) is 5.56 Å². The molecule has 1 aliphatic heterocycles. The lowest BCUT2D eigenvalue weighted by Gasteiger charge is -2.32. The number of esters is 1. The number of carbonyl (C=O) groups excluding carboxylic acids is 3. The second-order valence-corrected chi connectivity index (χ2v) is 10.7. The molecule has 2 atom stereocenters. The summed E-state index contributed by atoms with van der Waals surface area (Å²) in [4.78, 5) is 41.9. The molecular weight excluding hydrogens is 424 g/mol. The van der Waals surface area contributed by atoms with E-state index in [-0.39, 0.29) is 30.3 Å². The van der Waals surface area contributed by atoms with Gasteiger partial charge in [-0.25, -0.2) is 9.59 Å². The van der Waals surface area contributed by atoms with Gasteiger partial charge in [0.1, 0.15) is 17.4 Å². The summed E-state index contributed by atoms with van der Waals surface area (Å²) in [5.41, 5.74) is -0.0189. The largest absolute Gasteiger partial charge is 0.497 e. The van der Waals surface area contributed by atoms with Gasteiger partial charge in [-0.1, -0.05) is 32.9 Å². The van der Waals surface area contributed by atoms with Crippen molar-refractivity contribution >= 4 is 18.0 Å². The molecule has 0 unspecified atom stereocenters. The quantitative estimate of drug-likeness (QED) is 0.594. The first kappa shape index (κ1) is 26.5. The summed E-state index contributed by atoms with van der Waals surface area (Å²) in [6.07, 6.45) is 0.0270. The lowest BCUT2D eigenvalue weighted by atomic mass is 9.91. The Balaban J connectivity index is 2.36. The number of hydrogen-bond donors (Lipinski definition) is 0. The van der Waals surface area contributed by atoms with Crippen molar-refractivity contribution in [1.82, 2.24) is 9.80 Å². The number of amides is 2. The number of likely N-dealkylation sites (tertiary alicyclic amines) is 1. The standard InChI is InChI=1S/C25H38N2O6/c1-24(2,3)14-21(28)26(15-17-10-9-11-19(12-17)31-7)18-13-20(22(29)32-8)27(16-18)23(30)33-25(4,5)6/h9-12,18,20H,13-16H2,1-8H3/t18-,20+/m1/s1. The van der Waals surface area contributed by atoms with Crippen LogP contribution in [0.5, 0.6) is 5.75 Å². The van der Waals surface area contributed by atoms with Gasteiger partial charge < -0.3 is 19.1 Å². The fraction of sp³-hybridized carbons (Fsp3) is 0.640. The third-order valence-electron chi connectivity index (χ3n) is 5.31. The molecule has 0 radical (unpaired) electrons. The number of carbonyl (C=O) groups is 3. The Morgan fingerprint density at radius 3 is 2.30 bits per heavy atom. The Hall–Kier alpha value is -2.77. The molecule has 0 bridgehead atoms. The van der Waals surface area contributed by atoms with E-state index in [1.54, 1.807) is 32.8 Å². The van der Waals surface area contributed by atoms with Crippen LogP contribution in [0, 0.1) is 5.41 Å². The molecule has 0 N–H and O–H groups in total. The van der Waals surface area contributed by atoms with Gasteiger partial charge in [-0.05, 0) is 43.9 Å². The van der Waals surface area contributed by atoms with Crippen LogP contribution in [0.4, 0.5) is 4.79 Å². The highest BCUT2D eigenvalue weighted by atomic mass is 16.6. The van der Waals surface area contributed by atoms with Crippen LogP contribution in [0.1, 0.15) is 59.9 Å². The van der Waals surface area contributed by atoms with E-state index in [9.17, 15) is 14.4 Å². The first-order valence-corrected chi connectivity index (χ1v) is 11.2. The average Bonchev–Trinajstić information content (AvgIpc) is 3.14. The van der Waals surface area contributed by atoms with E-state index < -0.39 is 23.7 Å². The number of rotatable bonds is 6. The van der Waals surface area contributed by atoms with E-state index in [1.807, 2.05) is 45.0 Å². The summed E-state index contributed by atoms with van der Waals surface area (Å²) in [5, 5.41) is 0. The molecule has 8 heteroatoms. The maximum absolute atomic E-state index is 13.4. The molecule has 0 aliphatic carbocycles. The highest BCUT2D eigenvalue weighted by Crippen LogP contribution is 2.30. The normalized spacial score (nSPS) is 18.6. The van der Waals surface area contributed by atoms with Crippen LogP contribution in [0.2, 0.25) is 0 Å². The van der Waals surface area contributed by atoms with Gasteiger partial charge in [0.2, 0.25) is 5.91 Å². The third-order valence-corrected chi connectivity index (χ3v) is 5.31. The number of ether oxygens (including phenoxy) is 3. The second kappa shape index (κ2) is 10.4. The van der Waals surface area contributed by atoms with Crippen LogP contribution in [0.25, 0.3) is 0 Å². The molecule has 2 rings (SSSR count). The molecule has 1 aliphatic rings. The maximum atomic E-state index is 13.4. The van der Waals surface area contributed by atoms with Gasteiger partial charge in [0.15, 0.2) is 0 Å². The maximum Gasteiger partial charge on any atom is 0.411 e. The molecule has 33 heavy (non-hydrogen) atoms. The van der Waals surface area contributed by atoms with Gasteiger partial charge in [0.05, 0.1) is 20.3 Å². The zero-order chi connectivity index (χ0) is 25.0. The van der Waals surface area contributed by atoms with E-state index in [0.29, 0.717) is 18.7 Å². The van der Waals surface area contributed by atoms with Crippen molar-refractivity contribution in [1.29, 1.82) is 0 Å². The Morgan fingerprint density at radius 2 is 1.76 bits per heavy atom. The Bertz CT molecular complexity index is 855. The summed E-state index contributed by atoms with van der Waals surface area (Å²) in [7, 11) is 2.89. The zero-order valence-electron chi connectivity index (χ0n) is 21.1. The molecule has 1 saturated heterocycles. The molecule has 1 aromatic carbocycles. The summed E-state index contributed by atoms with van der Waals surface area (Å²) in [6.45, 7) is 11.9. The van der Waals surface area contributed by atoms with Crippen LogP contribution < -0.4 is 4.74 Å². The Labute approximate surface area is 197 Å². The fourth-order valence-corrected chi connectivity index (χ4v) is 3.87. The predicted molar refractivity (Wildman–Crippen MR) is 125 cm³/mol. The summed E-state index contributed by atoms with van der Waals surface area (Å²) in [6, 6.07) is 6.36. The summed E-state index contributed by atoms with van der Waals surface area (Å²) in [5.74, 6) is 0.142. The first-order valence-electron chi connectivity index (χ1n) is 11.2. The molecule has 0 aromatic heterocycles. The minimum absolute atomic E-state index is 0.0371. The van der Waals surface area contributed by atoms with Crippen LogP contribution in [0.15, 0.2) is 24.3 Å². The van der Waals surface area contributed by atoms with Crippen molar-refractivity contribution in [2.45, 2.75) is 78.6 Å². The lowest BCUT2D eigenvalue weighted by molar-refractivity contribution is -0.146. The third kappa shape index (κ3) is 7.65. The molecule has 1 fully saturated rings. The van der Waals surface area contributed by atoms with E-state index in [1.165, 1.54) is 12.0 Å². The van der Waals surface area contributed by atoms with Crippen molar-refractivity contribution in [3.8, 4) is 5.75 Å². The average molecular weight is 463 g/mol. The molecule has 8 nitrogen and oxygen atoms in total. The van der Waals surface area contributed by atoms with Crippen LogP contribution >= 0.6 is 0 Å². The SMILES string of the molecule is COC(=O)[C@@H]1C[C@@H](N(Cc2cccc(OC)c2)C(=O)CC(C)(C)C)CN1C(=O)OC(C)(C)C. The van der Waals surface area contributed by atoms with Crippen molar-refractivity contribution < 1.29 is 28.6 Å². The minimum Gasteiger partial charge on any atom is -0.497 e. The molecule has 0 saturated carbocycles. The highest BCUT2D eigenvalue weighted by Gasteiger charge is 2.45.